The average molecular weight is 471 g/mol. The van der Waals surface area contributed by atoms with E-state index in [1.807, 2.05) is 42.5 Å². The SMILES string of the molecule is C=CN=COc1ccc(S)cc1.N=C/C(=C\N)c1cnc2ccc(-c3cncc(O)c3)cc2n1. The second kappa shape index (κ2) is 11.9. The van der Waals surface area contributed by atoms with Crippen LogP contribution in [0.1, 0.15) is 5.69 Å². The minimum atomic E-state index is 0.106. The van der Waals surface area contributed by atoms with Gasteiger partial charge in [0.15, 0.2) is 6.40 Å². The van der Waals surface area contributed by atoms with Crippen molar-refractivity contribution in [3.63, 3.8) is 0 Å². The summed E-state index contributed by atoms with van der Waals surface area (Å²) in [6, 6.07) is 14.6. The van der Waals surface area contributed by atoms with Gasteiger partial charge in [0.2, 0.25) is 0 Å². The van der Waals surface area contributed by atoms with Gasteiger partial charge in [0.05, 0.1) is 29.1 Å². The average Bonchev–Trinajstić information content (AvgIpc) is 2.86. The molecule has 0 saturated carbocycles. The molecule has 9 heteroatoms. The van der Waals surface area contributed by atoms with Crippen LogP contribution in [0.25, 0.3) is 27.7 Å². The Bertz CT molecular complexity index is 1350. The third kappa shape index (κ3) is 6.50. The fourth-order valence-electron chi connectivity index (χ4n) is 2.78. The number of aromatic nitrogens is 3. The van der Waals surface area contributed by atoms with Crippen molar-refractivity contribution in [3.05, 3.63) is 91.8 Å². The quantitative estimate of drug-likeness (QED) is 0.181. The van der Waals surface area contributed by atoms with Crippen molar-refractivity contribution in [1.82, 2.24) is 15.0 Å². The molecule has 4 rings (SSSR count). The number of hydrogen-bond donors (Lipinski definition) is 4. The van der Waals surface area contributed by atoms with E-state index in [1.165, 1.54) is 25.0 Å². The number of aliphatic imine (C=N–C) groups is 1. The van der Waals surface area contributed by atoms with Crippen LogP contribution in [-0.2, 0) is 0 Å². The molecule has 4 aromatic rings. The normalized spacial score (nSPS) is 11.0. The molecule has 2 aromatic heterocycles. The molecule has 0 aliphatic rings. The topological polar surface area (TPSA) is 130 Å². The number of hydrogen-bond acceptors (Lipinski definition) is 9. The lowest BCUT2D eigenvalue weighted by molar-refractivity contribution is 0.473. The van der Waals surface area contributed by atoms with Crippen LogP contribution in [0.2, 0.25) is 0 Å². The fraction of sp³-hybridized carbons (Fsp3) is 0. The maximum atomic E-state index is 9.53. The largest absolute Gasteiger partial charge is 0.506 e. The first kappa shape index (κ1) is 24.1. The summed E-state index contributed by atoms with van der Waals surface area (Å²) in [5.74, 6) is 0.841. The molecule has 2 heterocycles. The van der Waals surface area contributed by atoms with Gasteiger partial charge in [0.1, 0.15) is 11.5 Å². The molecule has 34 heavy (non-hydrogen) atoms. The third-order valence-electron chi connectivity index (χ3n) is 4.42. The molecule has 0 atom stereocenters. The fourth-order valence-corrected chi connectivity index (χ4v) is 2.93. The molecule has 0 aliphatic heterocycles. The molecule has 8 nitrogen and oxygen atoms in total. The Morgan fingerprint density at radius 2 is 1.85 bits per heavy atom. The maximum absolute atomic E-state index is 9.53. The Labute approximate surface area is 202 Å². The van der Waals surface area contributed by atoms with Crippen molar-refractivity contribution < 1.29 is 9.84 Å². The van der Waals surface area contributed by atoms with E-state index in [9.17, 15) is 5.11 Å². The number of nitrogens with two attached hydrogens (primary N) is 1. The first-order valence-electron chi connectivity index (χ1n) is 9.96. The minimum absolute atomic E-state index is 0.106. The highest BCUT2D eigenvalue weighted by Crippen LogP contribution is 2.25. The molecule has 4 N–H and O–H groups in total. The molecule has 0 unspecified atom stereocenters. The molecule has 0 aliphatic carbocycles. The molecule has 0 fully saturated rings. The molecule has 0 bridgehead atoms. The second-order valence-corrected chi connectivity index (χ2v) is 7.22. The van der Waals surface area contributed by atoms with E-state index >= 15 is 0 Å². The number of nitrogens with one attached hydrogen (secondary N) is 1. The number of rotatable bonds is 6. The van der Waals surface area contributed by atoms with Crippen molar-refractivity contribution in [3.8, 4) is 22.6 Å². The van der Waals surface area contributed by atoms with E-state index in [2.05, 4.69) is 39.2 Å². The standard InChI is InChI=1S/C16H13N5O.C9H9NOS/c17-5-12(6-18)16-9-20-14-2-1-10(4-15(14)21-16)11-3-13(22)8-19-7-11;1-2-10-7-11-8-3-5-9(12)6-4-8/h1-9,17,22H,18H2;2-7,12H,1H2/b12-6+,17-5?;. The van der Waals surface area contributed by atoms with Gasteiger partial charge in [-0.2, -0.15) is 0 Å². The van der Waals surface area contributed by atoms with Crippen molar-refractivity contribution in [2.75, 3.05) is 0 Å². The lowest BCUT2D eigenvalue weighted by atomic mass is 10.1. The zero-order valence-electron chi connectivity index (χ0n) is 18.0. The van der Waals surface area contributed by atoms with Crippen molar-refractivity contribution >= 4 is 41.9 Å². The van der Waals surface area contributed by atoms with Crippen LogP contribution in [0.3, 0.4) is 0 Å². The summed E-state index contributed by atoms with van der Waals surface area (Å²) in [6.45, 7) is 3.42. The monoisotopic (exact) mass is 470 g/mol. The number of fused-ring (bicyclic) bond motifs is 1. The molecule has 170 valence electrons. The molecular formula is C25H22N6O2S. The predicted molar refractivity (Wildman–Crippen MR) is 138 cm³/mol. The van der Waals surface area contributed by atoms with Crippen LogP contribution in [-0.4, -0.2) is 32.7 Å². The number of nitrogens with zero attached hydrogens (tertiary/aromatic N) is 4. The van der Waals surface area contributed by atoms with Gasteiger partial charge >= 0.3 is 0 Å². The van der Waals surface area contributed by atoms with Crippen LogP contribution >= 0.6 is 12.6 Å². The Morgan fingerprint density at radius 3 is 2.53 bits per heavy atom. The summed E-state index contributed by atoms with van der Waals surface area (Å²) >= 11 is 4.14. The third-order valence-corrected chi connectivity index (χ3v) is 4.72. The zero-order chi connectivity index (χ0) is 24.3. The van der Waals surface area contributed by atoms with Gasteiger partial charge in [-0.25, -0.2) is 9.98 Å². The minimum Gasteiger partial charge on any atom is -0.506 e. The van der Waals surface area contributed by atoms with Crippen LogP contribution < -0.4 is 10.5 Å². The highest BCUT2D eigenvalue weighted by atomic mass is 32.1. The second-order valence-electron chi connectivity index (χ2n) is 6.71. The van der Waals surface area contributed by atoms with Gasteiger partial charge in [0, 0.05) is 40.8 Å². The number of thiol groups is 1. The summed E-state index contributed by atoms with van der Waals surface area (Å²) < 4.78 is 5.10. The van der Waals surface area contributed by atoms with E-state index in [-0.39, 0.29) is 5.75 Å². The molecule has 0 radical (unpaired) electrons. The van der Waals surface area contributed by atoms with Crippen LogP contribution in [0.4, 0.5) is 0 Å². The van der Waals surface area contributed by atoms with Crippen LogP contribution in [0.5, 0.6) is 11.5 Å². The predicted octanol–water partition coefficient (Wildman–Crippen LogP) is 4.87. The van der Waals surface area contributed by atoms with Crippen LogP contribution in [0.15, 0.2) is 96.0 Å². The number of benzene rings is 2. The maximum Gasteiger partial charge on any atom is 0.181 e. The van der Waals surface area contributed by atoms with Gasteiger partial charge in [-0.3, -0.25) is 9.97 Å². The molecular weight excluding hydrogens is 448 g/mol. The Kier molecular flexibility index (Phi) is 8.48. The van der Waals surface area contributed by atoms with Gasteiger partial charge < -0.3 is 21.0 Å². The summed E-state index contributed by atoms with van der Waals surface area (Å²) in [6.07, 6.45) is 9.84. The molecule has 0 spiro atoms. The van der Waals surface area contributed by atoms with E-state index in [0.29, 0.717) is 16.8 Å². The number of allylic oxidation sites excluding steroid dienone is 1. The number of ether oxygens (including phenoxy) is 1. The molecule has 0 saturated heterocycles. The van der Waals surface area contributed by atoms with E-state index in [0.717, 1.165) is 33.5 Å². The van der Waals surface area contributed by atoms with Crippen LogP contribution in [0, 0.1) is 5.41 Å². The van der Waals surface area contributed by atoms with E-state index in [1.54, 1.807) is 18.5 Å². The van der Waals surface area contributed by atoms with E-state index < -0.39 is 0 Å². The van der Waals surface area contributed by atoms with Crippen molar-refractivity contribution in [1.29, 1.82) is 5.41 Å². The summed E-state index contributed by atoms with van der Waals surface area (Å²) in [5, 5.41) is 16.9. The zero-order valence-corrected chi connectivity index (χ0v) is 18.9. The van der Waals surface area contributed by atoms with E-state index in [4.69, 9.17) is 15.9 Å². The highest BCUT2D eigenvalue weighted by molar-refractivity contribution is 7.80. The lowest BCUT2D eigenvalue weighted by Crippen LogP contribution is -1.96. The smallest absolute Gasteiger partial charge is 0.181 e. The molecule has 2 aromatic carbocycles. The first-order chi connectivity index (χ1) is 16.5. The van der Waals surface area contributed by atoms with Gasteiger partial charge in [-0.15, -0.1) is 12.6 Å². The van der Waals surface area contributed by atoms with Gasteiger partial charge in [-0.05, 0) is 48.0 Å². The Morgan fingerprint density at radius 1 is 1.06 bits per heavy atom. The van der Waals surface area contributed by atoms with Crippen molar-refractivity contribution in [2.24, 2.45) is 10.7 Å². The Hall–Kier alpha value is -4.50. The molecule has 0 amide bonds. The lowest BCUT2D eigenvalue weighted by Gasteiger charge is -2.05. The summed E-state index contributed by atoms with van der Waals surface area (Å²) in [5.41, 5.74) is 9.59. The summed E-state index contributed by atoms with van der Waals surface area (Å²) in [7, 11) is 0. The first-order valence-corrected chi connectivity index (χ1v) is 10.4. The number of aromatic hydroxyl groups is 1. The van der Waals surface area contributed by atoms with Gasteiger partial charge in [-0.1, -0.05) is 12.6 Å². The highest BCUT2D eigenvalue weighted by Gasteiger charge is 2.06. The van der Waals surface area contributed by atoms with Gasteiger partial charge in [0.25, 0.3) is 0 Å². The van der Waals surface area contributed by atoms with Crippen molar-refractivity contribution in [2.45, 2.75) is 4.90 Å². The Balaban J connectivity index is 0.000000229. The number of pyridine rings is 1. The summed E-state index contributed by atoms with van der Waals surface area (Å²) in [4.78, 5) is 17.4.